The predicted octanol–water partition coefficient (Wildman–Crippen LogP) is -0.618. The quantitative estimate of drug-likeness (QED) is 0.590. The summed E-state index contributed by atoms with van der Waals surface area (Å²) in [6.45, 7) is 3.20. The minimum absolute atomic E-state index is 0.0217. The van der Waals surface area contributed by atoms with Gasteiger partial charge in [-0.25, -0.2) is 8.42 Å². The molecule has 1 aliphatic rings. The highest BCUT2D eigenvalue weighted by Gasteiger charge is 2.24. The average Bonchev–Trinajstić information content (AvgIpc) is 2.38. The molecule has 2 rings (SSSR count). The molecule has 0 saturated carbocycles. The first kappa shape index (κ1) is 13.8. The lowest BCUT2D eigenvalue weighted by atomic mass is 10.2. The Bertz CT molecular complexity index is 594. The van der Waals surface area contributed by atoms with Crippen LogP contribution in [-0.4, -0.2) is 45.8 Å². The highest BCUT2D eigenvalue weighted by molar-refractivity contribution is 7.90. The van der Waals surface area contributed by atoms with Gasteiger partial charge in [-0.2, -0.15) is 0 Å². The molecule has 8 heteroatoms. The number of anilines is 1. The van der Waals surface area contributed by atoms with Gasteiger partial charge in [-0.05, 0) is 12.1 Å². The van der Waals surface area contributed by atoms with E-state index in [-0.39, 0.29) is 10.6 Å². The molecule has 1 saturated heterocycles. The summed E-state index contributed by atoms with van der Waals surface area (Å²) in [5.74, 6) is 0. The van der Waals surface area contributed by atoms with Gasteiger partial charge in [-0.1, -0.05) is 0 Å². The summed E-state index contributed by atoms with van der Waals surface area (Å²) >= 11 is 0. The lowest BCUT2D eigenvalue weighted by Crippen LogP contribution is -2.89. The molecule has 0 unspecified atom stereocenters. The molecule has 0 radical (unpaired) electrons. The third-order valence-corrected chi connectivity index (χ3v) is 4.23. The lowest BCUT2D eigenvalue weighted by Gasteiger charge is -2.26. The maximum absolute atomic E-state index is 11.5. The van der Waals surface area contributed by atoms with Gasteiger partial charge in [0.25, 0.3) is 5.69 Å². The number of benzene rings is 1. The van der Waals surface area contributed by atoms with Crippen LogP contribution in [0.5, 0.6) is 0 Å². The first-order chi connectivity index (χ1) is 8.89. The van der Waals surface area contributed by atoms with Crippen LogP contribution in [0.15, 0.2) is 23.1 Å². The van der Waals surface area contributed by atoms with Crippen LogP contribution in [0.2, 0.25) is 0 Å². The maximum Gasteiger partial charge on any atom is 0.293 e. The zero-order valence-corrected chi connectivity index (χ0v) is 11.4. The molecule has 0 aromatic heterocycles. The molecule has 7 nitrogen and oxygen atoms in total. The van der Waals surface area contributed by atoms with Crippen molar-refractivity contribution in [1.29, 1.82) is 0 Å². The molecule has 0 atom stereocenters. The van der Waals surface area contributed by atoms with Crippen LogP contribution < -0.4 is 10.2 Å². The molecule has 0 spiro atoms. The predicted molar refractivity (Wildman–Crippen MR) is 70.1 cm³/mol. The second kappa shape index (κ2) is 5.14. The van der Waals surface area contributed by atoms with Crippen molar-refractivity contribution in [1.82, 2.24) is 0 Å². The lowest BCUT2D eigenvalue weighted by molar-refractivity contribution is -0.655. The highest BCUT2D eigenvalue weighted by Crippen LogP contribution is 2.30. The van der Waals surface area contributed by atoms with E-state index < -0.39 is 14.8 Å². The highest BCUT2D eigenvalue weighted by atomic mass is 32.2. The third-order valence-electron chi connectivity index (χ3n) is 3.12. The first-order valence-electron chi connectivity index (χ1n) is 5.95. The van der Waals surface area contributed by atoms with E-state index in [0.717, 1.165) is 38.5 Å². The van der Waals surface area contributed by atoms with Gasteiger partial charge in [0.15, 0.2) is 9.84 Å². The normalized spacial score (nSPS) is 16.4. The Morgan fingerprint density at radius 1 is 1.32 bits per heavy atom. The van der Waals surface area contributed by atoms with Crippen LogP contribution >= 0.6 is 0 Å². The molecule has 0 amide bonds. The van der Waals surface area contributed by atoms with Crippen LogP contribution in [0.25, 0.3) is 0 Å². The Labute approximate surface area is 111 Å². The van der Waals surface area contributed by atoms with Crippen LogP contribution in [-0.2, 0) is 9.84 Å². The summed E-state index contributed by atoms with van der Waals surface area (Å²) in [6, 6.07) is 4.10. The van der Waals surface area contributed by atoms with Gasteiger partial charge in [0.1, 0.15) is 5.69 Å². The number of hydrogen-bond donors (Lipinski definition) is 1. The van der Waals surface area contributed by atoms with Crippen molar-refractivity contribution < 1.29 is 18.7 Å². The largest absolute Gasteiger partial charge is 0.355 e. The first-order valence-corrected chi connectivity index (χ1v) is 7.84. The topological polar surface area (TPSA) is 97.1 Å². The minimum atomic E-state index is -3.44. The minimum Gasteiger partial charge on any atom is -0.355 e. The number of hydrogen-bond acceptors (Lipinski definition) is 5. The molecule has 19 heavy (non-hydrogen) atoms. The molecule has 0 aliphatic carbocycles. The fourth-order valence-corrected chi connectivity index (χ4v) is 2.78. The Hall–Kier alpha value is -1.67. The summed E-state index contributed by atoms with van der Waals surface area (Å²) in [5.41, 5.74) is 0.343. The van der Waals surface area contributed by atoms with Crippen LogP contribution in [0.1, 0.15) is 0 Å². The van der Waals surface area contributed by atoms with Gasteiger partial charge in [-0.15, -0.1) is 0 Å². The Kier molecular flexibility index (Phi) is 3.72. The van der Waals surface area contributed by atoms with E-state index in [1.165, 1.54) is 12.1 Å². The van der Waals surface area contributed by atoms with Gasteiger partial charge in [0.2, 0.25) is 0 Å². The van der Waals surface area contributed by atoms with Crippen molar-refractivity contribution in [2.24, 2.45) is 0 Å². The van der Waals surface area contributed by atoms with Crippen molar-refractivity contribution in [3.63, 3.8) is 0 Å². The number of rotatable bonds is 3. The van der Waals surface area contributed by atoms with E-state index in [1.807, 2.05) is 4.90 Å². The number of nitro groups is 1. The van der Waals surface area contributed by atoms with Crippen molar-refractivity contribution in [3.8, 4) is 0 Å². The fraction of sp³-hybridized carbons (Fsp3) is 0.455. The van der Waals surface area contributed by atoms with Crippen molar-refractivity contribution >= 4 is 21.2 Å². The van der Waals surface area contributed by atoms with E-state index in [2.05, 4.69) is 5.32 Å². The Morgan fingerprint density at radius 2 is 1.95 bits per heavy atom. The molecule has 1 aliphatic heterocycles. The second-order valence-electron chi connectivity index (χ2n) is 4.53. The van der Waals surface area contributed by atoms with E-state index in [1.54, 1.807) is 0 Å². The van der Waals surface area contributed by atoms with Crippen LogP contribution in [0.3, 0.4) is 0 Å². The van der Waals surface area contributed by atoms with Gasteiger partial charge in [0, 0.05) is 12.3 Å². The number of piperazine rings is 1. The van der Waals surface area contributed by atoms with Gasteiger partial charge in [0.05, 0.1) is 36.0 Å². The zero-order chi connectivity index (χ0) is 14.0. The average molecular weight is 286 g/mol. The van der Waals surface area contributed by atoms with Gasteiger partial charge >= 0.3 is 0 Å². The molecule has 1 aromatic rings. The van der Waals surface area contributed by atoms with E-state index in [9.17, 15) is 18.5 Å². The monoisotopic (exact) mass is 286 g/mol. The van der Waals surface area contributed by atoms with Crippen molar-refractivity contribution in [3.05, 3.63) is 28.3 Å². The number of quaternary nitrogens is 1. The number of nitrogens with zero attached hydrogens (tertiary/aromatic N) is 2. The molecule has 0 bridgehead atoms. The number of nitrogens with two attached hydrogens (primary N) is 1. The van der Waals surface area contributed by atoms with Gasteiger partial charge < -0.3 is 10.2 Å². The molecular formula is C11H16N3O4S+. The summed E-state index contributed by atoms with van der Waals surface area (Å²) < 4.78 is 22.9. The molecule has 1 heterocycles. The van der Waals surface area contributed by atoms with Gasteiger partial charge in [-0.3, -0.25) is 10.1 Å². The van der Waals surface area contributed by atoms with Crippen LogP contribution in [0, 0.1) is 10.1 Å². The second-order valence-corrected chi connectivity index (χ2v) is 6.55. The summed E-state index contributed by atoms with van der Waals surface area (Å²) in [6.07, 6.45) is 1.04. The fourth-order valence-electron chi connectivity index (χ4n) is 2.14. The standard InChI is InChI=1S/C11H15N3O4S/c1-19(17,18)9-2-3-10(11(8-9)14(15)16)13-6-4-12-5-7-13/h2-3,8,12H,4-7H2,1H3/p+1. The Morgan fingerprint density at radius 3 is 2.47 bits per heavy atom. The molecule has 104 valence electrons. The number of nitro benzene ring substituents is 1. The van der Waals surface area contributed by atoms with E-state index in [0.29, 0.717) is 5.69 Å². The molecule has 1 fully saturated rings. The Balaban J connectivity index is 2.46. The SMILES string of the molecule is CS(=O)(=O)c1ccc(N2CC[NH2+]CC2)c([N+](=O)[O-])c1. The zero-order valence-electron chi connectivity index (χ0n) is 10.6. The molecule has 1 aromatic carbocycles. The molecular weight excluding hydrogens is 270 g/mol. The van der Waals surface area contributed by atoms with Crippen LogP contribution in [0.4, 0.5) is 11.4 Å². The number of sulfone groups is 1. The van der Waals surface area contributed by atoms with Crippen molar-refractivity contribution in [2.75, 3.05) is 37.3 Å². The van der Waals surface area contributed by atoms with Crippen molar-refractivity contribution in [2.45, 2.75) is 4.90 Å². The van der Waals surface area contributed by atoms with E-state index >= 15 is 0 Å². The summed E-state index contributed by atoms with van der Waals surface area (Å²) in [7, 11) is -3.44. The summed E-state index contributed by atoms with van der Waals surface area (Å²) in [5, 5.41) is 13.3. The molecule has 2 N–H and O–H groups in total. The summed E-state index contributed by atoms with van der Waals surface area (Å²) in [4.78, 5) is 12.5. The smallest absolute Gasteiger partial charge is 0.293 e. The maximum atomic E-state index is 11.5. The van der Waals surface area contributed by atoms with E-state index in [4.69, 9.17) is 0 Å². The third kappa shape index (κ3) is 3.02.